The first-order chi connectivity index (χ1) is 10.5. The average Bonchev–Trinajstić information content (AvgIpc) is 2.54. The van der Waals surface area contributed by atoms with Crippen LogP contribution in [0.25, 0.3) is 0 Å². The van der Waals surface area contributed by atoms with Gasteiger partial charge < -0.3 is 19.9 Å². The van der Waals surface area contributed by atoms with E-state index in [9.17, 15) is 5.11 Å². The van der Waals surface area contributed by atoms with Crippen LogP contribution in [0.2, 0.25) is 0 Å². The molecule has 0 aromatic heterocycles. The number of aliphatic hydroxyl groups excluding tert-OH is 1. The van der Waals surface area contributed by atoms with Crippen LogP contribution >= 0.6 is 24.8 Å². The van der Waals surface area contributed by atoms with E-state index in [1.165, 1.54) is 11.1 Å². The van der Waals surface area contributed by atoms with E-state index < -0.39 is 0 Å². The Labute approximate surface area is 157 Å². The second-order valence-electron chi connectivity index (χ2n) is 6.43. The van der Waals surface area contributed by atoms with Crippen LogP contribution in [0.1, 0.15) is 25.0 Å². The second kappa shape index (κ2) is 11.1. The van der Waals surface area contributed by atoms with Gasteiger partial charge in [-0.2, -0.15) is 0 Å². The highest BCUT2D eigenvalue weighted by Crippen LogP contribution is 2.22. The SMILES string of the molecule is COc1ccc(CNC(C)(C)CO)cc1CN1CCOCC1.Cl.Cl. The molecule has 0 amide bonds. The van der Waals surface area contributed by atoms with Crippen LogP contribution in [0, 0.1) is 0 Å². The van der Waals surface area contributed by atoms with Crippen molar-refractivity contribution in [1.29, 1.82) is 0 Å². The Morgan fingerprint density at radius 2 is 1.92 bits per heavy atom. The summed E-state index contributed by atoms with van der Waals surface area (Å²) >= 11 is 0. The first-order valence-corrected chi connectivity index (χ1v) is 7.86. The average molecular weight is 381 g/mol. The number of hydrogen-bond donors (Lipinski definition) is 2. The van der Waals surface area contributed by atoms with Crippen molar-refractivity contribution in [1.82, 2.24) is 10.2 Å². The maximum atomic E-state index is 9.32. The zero-order chi connectivity index (χ0) is 16.0. The summed E-state index contributed by atoms with van der Waals surface area (Å²) in [6.07, 6.45) is 0. The molecule has 24 heavy (non-hydrogen) atoms. The molecule has 0 aliphatic carbocycles. The predicted octanol–water partition coefficient (Wildman–Crippen LogP) is 2.23. The van der Waals surface area contributed by atoms with E-state index in [2.05, 4.69) is 22.3 Å². The maximum Gasteiger partial charge on any atom is 0.123 e. The molecule has 140 valence electrons. The number of hydrogen-bond acceptors (Lipinski definition) is 5. The Kier molecular flexibility index (Phi) is 10.9. The van der Waals surface area contributed by atoms with Gasteiger partial charge in [0.2, 0.25) is 0 Å². The van der Waals surface area contributed by atoms with Gasteiger partial charge in [0.1, 0.15) is 5.75 Å². The lowest BCUT2D eigenvalue weighted by molar-refractivity contribution is 0.0339. The number of nitrogens with zero attached hydrogens (tertiary/aromatic N) is 1. The predicted molar refractivity (Wildman–Crippen MR) is 102 cm³/mol. The van der Waals surface area contributed by atoms with Crippen molar-refractivity contribution < 1.29 is 14.6 Å². The number of morpholine rings is 1. The minimum absolute atomic E-state index is 0. The third-order valence-electron chi connectivity index (χ3n) is 4.01. The molecule has 0 atom stereocenters. The van der Waals surface area contributed by atoms with Crippen molar-refractivity contribution in [3.63, 3.8) is 0 Å². The van der Waals surface area contributed by atoms with E-state index in [1.54, 1.807) is 7.11 Å². The smallest absolute Gasteiger partial charge is 0.123 e. The molecule has 5 nitrogen and oxygen atoms in total. The largest absolute Gasteiger partial charge is 0.496 e. The summed E-state index contributed by atoms with van der Waals surface area (Å²) in [6, 6.07) is 6.29. The Morgan fingerprint density at radius 3 is 2.50 bits per heavy atom. The highest BCUT2D eigenvalue weighted by Gasteiger charge is 2.16. The van der Waals surface area contributed by atoms with Crippen molar-refractivity contribution in [3.05, 3.63) is 29.3 Å². The molecule has 1 heterocycles. The van der Waals surface area contributed by atoms with E-state index in [0.29, 0.717) is 0 Å². The summed E-state index contributed by atoms with van der Waals surface area (Å²) in [5.74, 6) is 0.927. The Morgan fingerprint density at radius 1 is 1.25 bits per heavy atom. The van der Waals surface area contributed by atoms with Crippen molar-refractivity contribution in [2.45, 2.75) is 32.5 Å². The zero-order valence-corrected chi connectivity index (χ0v) is 16.3. The summed E-state index contributed by atoms with van der Waals surface area (Å²) in [5, 5.41) is 12.7. The number of halogens is 2. The highest BCUT2D eigenvalue weighted by molar-refractivity contribution is 5.85. The van der Waals surface area contributed by atoms with Crippen LogP contribution in [-0.2, 0) is 17.8 Å². The van der Waals surface area contributed by atoms with Gasteiger partial charge in [-0.15, -0.1) is 24.8 Å². The Bertz CT molecular complexity index is 481. The number of rotatable bonds is 7. The Balaban J connectivity index is 0.00000264. The lowest BCUT2D eigenvalue weighted by Gasteiger charge is -2.27. The summed E-state index contributed by atoms with van der Waals surface area (Å²) in [6.45, 7) is 9.23. The first kappa shape index (κ1) is 23.4. The van der Waals surface area contributed by atoms with E-state index in [-0.39, 0.29) is 37.0 Å². The lowest BCUT2D eigenvalue weighted by Crippen LogP contribution is -2.42. The molecule has 0 radical (unpaired) electrons. The normalized spacial score (nSPS) is 15.3. The second-order valence-corrected chi connectivity index (χ2v) is 6.43. The van der Waals surface area contributed by atoms with E-state index >= 15 is 0 Å². The third kappa shape index (κ3) is 7.13. The molecule has 0 saturated carbocycles. The molecule has 2 N–H and O–H groups in total. The van der Waals surface area contributed by atoms with Gasteiger partial charge in [0, 0.05) is 37.3 Å². The minimum Gasteiger partial charge on any atom is -0.496 e. The van der Waals surface area contributed by atoms with Crippen LogP contribution in [0.5, 0.6) is 5.75 Å². The van der Waals surface area contributed by atoms with Gasteiger partial charge >= 0.3 is 0 Å². The minimum atomic E-state index is -0.274. The van der Waals surface area contributed by atoms with Gasteiger partial charge in [0.05, 0.1) is 26.9 Å². The van der Waals surface area contributed by atoms with Gasteiger partial charge in [-0.1, -0.05) is 6.07 Å². The fourth-order valence-electron chi connectivity index (χ4n) is 2.46. The molecule has 2 rings (SSSR count). The van der Waals surface area contributed by atoms with E-state index in [1.807, 2.05) is 19.9 Å². The fraction of sp³-hybridized carbons (Fsp3) is 0.647. The summed E-state index contributed by atoms with van der Waals surface area (Å²) in [4.78, 5) is 2.39. The number of methoxy groups -OCH3 is 1. The van der Waals surface area contributed by atoms with Crippen molar-refractivity contribution in [2.24, 2.45) is 0 Å². The number of aliphatic hydroxyl groups is 1. The Hall–Kier alpha value is -0.560. The van der Waals surface area contributed by atoms with Gasteiger partial charge in [0.15, 0.2) is 0 Å². The molecule has 1 fully saturated rings. The van der Waals surface area contributed by atoms with E-state index in [4.69, 9.17) is 9.47 Å². The molecule has 1 saturated heterocycles. The molecule has 1 aromatic rings. The molecule has 7 heteroatoms. The summed E-state index contributed by atoms with van der Waals surface area (Å²) in [5.41, 5.74) is 2.13. The van der Waals surface area contributed by atoms with E-state index in [0.717, 1.165) is 45.1 Å². The molecular weight excluding hydrogens is 351 g/mol. The van der Waals surface area contributed by atoms with Gasteiger partial charge in [-0.05, 0) is 31.5 Å². The van der Waals surface area contributed by atoms with Gasteiger partial charge in [-0.25, -0.2) is 0 Å². The standard InChI is InChI=1S/C17H28N2O3.2ClH/c1-17(2,13-20)18-11-14-4-5-16(21-3)15(10-14)12-19-6-8-22-9-7-19;;/h4-5,10,18,20H,6-9,11-13H2,1-3H3;2*1H. The molecule has 1 aliphatic rings. The lowest BCUT2D eigenvalue weighted by atomic mass is 10.0. The number of benzene rings is 1. The van der Waals surface area contributed by atoms with Crippen LogP contribution in [-0.4, -0.2) is 55.6 Å². The maximum absolute atomic E-state index is 9.32. The fourth-order valence-corrected chi connectivity index (χ4v) is 2.46. The highest BCUT2D eigenvalue weighted by atomic mass is 35.5. The number of nitrogens with one attached hydrogen (secondary N) is 1. The zero-order valence-electron chi connectivity index (χ0n) is 14.7. The van der Waals surface area contributed by atoms with Crippen molar-refractivity contribution in [2.75, 3.05) is 40.0 Å². The molecular formula is C17H30Cl2N2O3. The molecule has 0 bridgehead atoms. The first-order valence-electron chi connectivity index (χ1n) is 7.86. The molecule has 1 aliphatic heterocycles. The van der Waals surface area contributed by atoms with Crippen LogP contribution in [0.3, 0.4) is 0 Å². The van der Waals surface area contributed by atoms with Crippen molar-refractivity contribution >= 4 is 24.8 Å². The third-order valence-corrected chi connectivity index (χ3v) is 4.01. The number of ether oxygens (including phenoxy) is 2. The molecule has 1 aromatic carbocycles. The van der Waals surface area contributed by atoms with Crippen LogP contribution in [0.15, 0.2) is 18.2 Å². The van der Waals surface area contributed by atoms with Gasteiger partial charge in [0.25, 0.3) is 0 Å². The molecule has 0 spiro atoms. The van der Waals surface area contributed by atoms with Crippen LogP contribution < -0.4 is 10.1 Å². The van der Waals surface area contributed by atoms with Crippen LogP contribution in [0.4, 0.5) is 0 Å². The van der Waals surface area contributed by atoms with Crippen molar-refractivity contribution in [3.8, 4) is 5.75 Å². The summed E-state index contributed by atoms with van der Waals surface area (Å²) < 4.78 is 10.9. The molecule has 0 unspecified atom stereocenters. The topological polar surface area (TPSA) is 54.0 Å². The quantitative estimate of drug-likeness (QED) is 0.759. The monoisotopic (exact) mass is 380 g/mol. The van der Waals surface area contributed by atoms with Gasteiger partial charge in [-0.3, -0.25) is 4.90 Å². The summed E-state index contributed by atoms with van der Waals surface area (Å²) in [7, 11) is 1.71.